The Morgan fingerprint density at radius 1 is 1.50 bits per heavy atom. The van der Waals surface area contributed by atoms with E-state index in [0.29, 0.717) is 0 Å². The molecule has 14 heavy (non-hydrogen) atoms. The van der Waals surface area contributed by atoms with Gasteiger partial charge in [0, 0.05) is 13.1 Å². The highest BCUT2D eigenvalue weighted by Crippen LogP contribution is 2.03. The second-order valence-corrected chi connectivity index (χ2v) is 2.87. The van der Waals surface area contributed by atoms with E-state index in [0.717, 1.165) is 18.1 Å². The van der Waals surface area contributed by atoms with Gasteiger partial charge in [-0.3, -0.25) is 4.79 Å². The second kappa shape index (κ2) is 4.41. The van der Waals surface area contributed by atoms with Crippen molar-refractivity contribution in [3.05, 3.63) is 36.2 Å². The van der Waals surface area contributed by atoms with Crippen LogP contribution in [0.5, 0.6) is 0 Å². The fourth-order valence-corrected chi connectivity index (χ4v) is 1.07. The summed E-state index contributed by atoms with van der Waals surface area (Å²) in [5, 5.41) is 11.6. The molecule has 2 aromatic heterocycles. The van der Waals surface area contributed by atoms with Crippen LogP contribution in [-0.4, -0.2) is 20.7 Å². The molecule has 0 atom stereocenters. The molecule has 1 N–H and O–H groups in total. The zero-order chi connectivity index (χ0) is 10.6. The SMILES string of the molecule is CC(=O)O.Cc1cc2ccccn2n1. The van der Waals surface area contributed by atoms with Crippen LogP contribution in [-0.2, 0) is 4.79 Å². The van der Waals surface area contributed by atoms with E-state index in [2.05, 4.69) is 11.2 Å². The molecule has 2 heterocycles. The fraction of sp³-hybridized carbons (Fsp3) is 0.200. The summed E-state index contributed by atoms with van der Waals surface area (Å²) in [6.45, 7) is 3.08. The Labute approximate surface area is 81.8 Å². The van der Waals surface area contributed by atoms with E-state index >= 15 is 0 Å². The molecule has 0 amide bonds. The highest BCUT2D eigenvalue weighted by molar-refractivity contribution is 5.62. The lowest BCUT2D eigenvalue weighted by Gasteiger charge is -1.86. The number of hydrogen-bond donors (Lipinski definition) is 1. The zero-order valence-corrected chi connectivity index (χ0v) is 8.14. The lowest BCUT2D eigenvalue weighted by Crippen LogP contribution is -1.83. The summed E-state index contributed by atoms with van der Waals surface area (Å²) in [6.07, 6.45) is 1.95. The second-order valence-electron chi connectivity index (χ2n) is 2.87. The van der Waals surface area contributed by atoms with Gasteiger partial charge in [0.25, 0.3) is 5.97 Å². The highest BCUT2D eigenvalue weighted by Gasteiger charge is 1.92. The Balaban J connectivity index is 0.000000213. The molecule has 74 valence electrons. The van der Waals surface area contributed by atoms with E-state index in [-0.39, 0.29) is 0 Å². The molecule has 4 heteroatoms. The molecule has 2 aromatic rings. The molecular weight excluding hydrogens is 180 g/mol. The lowest BCUT2D eigenvalue weighted by atomic mass is 10.4. The first-order chi connectivity index (χ1) is 6.59. The number of carboxylic acid groups (broad SMARTS) is 1. The van der Waals surface area contributed by atoms with E-state index in [9.17, 15) is 0 Å². The van der Waals surface area contributed by atoms with Crippen molar-refractivity contribution >= 4 is 11.5 Å². The van der Waals surface area contributed by atoms with Gasteiger partial charge in [-0.05, 0) is 25.1 Å². The van der Waals surface area contributed by atoms with Crippen molar-refractivity contribution in [2.75, 3.05) is 0 Å². The predicted molar refractivity (Wildman–Crippen MR) is 53.2 cm³/mol. The average Bonchev–Trinajstić information content (AvgIpc) is 2.42. The highest BCUT2D eigenvalue weighted by atomic mass is 16.4. The number of aryl methyl sites for hydroxylation is 1. The third-order valence-corrected chi connectivity index (χ3v) is 1.49. The molecule has 0 unspecified atom stereocenters. The molecule has 0 aliphatic heterocycles. The van der Waals surface area contributed by atoms with Gasteiger partial charge in [-0.2, -0.15) is 5.10 Å². The minimum absolute atomic E-state index is 0.833. The van der Waals surface area contributed by atoms with Gasteiger partial charge in [0.1, 0.15) is 0 Å². The first-order valence-electron chi connectivity index (χ1n) is 4.20. The minimum Gasteiger partial charge on any atom is -0.481 e. The Morgan fingerprint density at radius 3 is 2.71 bits per heavy atom. The van der Waals surface area contributed by atoms with Crippen molar-refractivity contribution in [3.63, 3.8) is 0 Å². The molecule has 0 aromatic carbocycles. The average molecular weight is 192 g/mol. The van der Waals surface area contributed by atoms with Gasteiger partial charge in [0.2, 0.25) is 0 Å². The van der Waals surface area contributed by atoms with Crippen molar-refractivity contribution in [3.8, 4) is 0 Å². The van der Waals surface area contributed by atoms with Crippen LogP contribution in [0.4, 0.5) is 0 Å². The van der Waals surface area contributed by atoms with E-state index in [1.165, 1.54) is 0 Å². The molecular formula is C10H12N2O2. The van der Waals surface area contributed by atoms with Crippen LogP contribution in [0.2, 0.25) is 0 Å². The first-order valence-corrected chi connectivity index (χ1v) is 4.20. The number of rotatable bonds is 0. The van der Waals surface area contributed by atoms with Crippen LogP contribution in [0.15, 0.2) is 30.5 Å². The van der Waals surface area contributed by atoms with Gasteiger partial charge in [0.15, 0.2) is 0 Å². The van der Waals surface area contributed by atoms with Crippen LogP contribution in [0.1, 0.15) is 12.6 Å². The molecule has 0 aliphatic rings. The minimum atomic E-state index is -0.833. The molecule has 0 bridgehead atoms. The molecule has 0 spiro atoms. The van der Waals surface area contributed by atoms with E-state index in [1.807, 2.05) is 35.8 Å². The predicted octanol–water partition coefficient (Wildman–Crippen LogP) is 1.73. The maximum absolute atomic E-state index is 9.00. The van der Waals surface area contributed by atoms with Crippen molar-refractivity contribution < 1.29 is 9.90 Å². The number of aliphatic carboxylic acids is 1. The van der Waals surface area contributed by atoms with Crippen LogP contribution in [0.3, 0.4) is 0 Å². The third-order valence-electron chi connectivity index (χ3n) is 1.49. The number of hydrogen-bond acceptors (Lipinski definition) is 2. The van der Waals surface area contributed by atoms with Crippen molar-refractivity contribution in [2.45, 2.75) is 13.8 Å². The maximum Gasteiger partial charge on any atom is 0.300 e. The van der Waals surface area contributed by atoms with Crippen LogP contribution < -0.4 is 0 Å². The van der Waals surface area contributed by atoms with Gasteiger partial charge in [-0.1, -0.05) is 6.07 Å². The number of pyridine rings is 1. The largest absolute Gasteiger partial charge is 0.481 e. The van der Waals surface area contributed by atoms with Gasteiger partial charge < -0.3 is 5.11 Å². The smallest absolute Gasteiger partial charge is 0.300 e. The lowest BCUT2D eigenvalue weighted by molar-refractivity contribution is -0.134. The van der Waals surface area contributed by atoms with Crippen LogP contribution in [0, 0.1) is 6.92 Å². The molecule has 0 aliphatic carbocycles. The molecule has 0 saturated carbocycles. The van der Waals surface area contributed by atoms with Gasteiger partial charge in [-0.25, -0.2) is 4.52 Å². The number of carbonyl (C=O) groups is 1. The van der Waals surface area contributed by atoms with E-state index in [4.69, 9.17) is 9.90 Å². The maximum atomic E-state index is 9.00. The van der Waals surface area contributed by atoms with Gasteiger partial charge in [-0.15, -0.1) is 0 Å². The Kier molecular flexibility index (Phi) is 3.23. The van der Waals surface area contributed by atoms with E-state index < -0.39 is 5.97 Å². The first kappa shape index (κ1) is 10.2. The Morgan fingerprint density at radius 2 is 2.14 bits per heavy atom. The number of carboxylic acids is 1. The molecule has 4 nitrogen and oxygen atoms in total. The summed E-state index contributed by atoms with van der Waals surface area (Å²) in [5.41, 5.74) is 2.21. The topological polar surface area (TPSA) is 54.6 Å². The summed E-state index contributed by atoms with van der Waals surface area (Å²) in [4.78, 5) is 9.00. The quantitative estimate of drug-likeness (QED) is 0.691. The Bertz CT molecular complexity index is 397. The van der Waals surface area contributed by atoms with Gasteiger partial charge in [0.05, 0.1) is 11.2 Å². The summed E-state index contributed by atoms with van der Waals surface area (Å²) in [7, 11) is 0. The van der Waals surface area contributed by atoms with Crippen molar-refractivity contribution in [1.29, 1.82) is 0 Å². The van der Waals surface area contributed by atoms with Crippen molar-refractivity contribution in [1.82, 2.24) is 9.61 Å². The molecule has 0 saturated heterocycles. The number of aromatic nitrogens is 2. The summed E-state index contributed by atoms with van der Waals surface area (Å²) >= 11 is 0. The summed E-state index contributed by atoms with van der Waals surface area (Å²) < 4.78 is 1.87. The van der Waals surface area contributed by atoms with Crippen LogP contribution >= 0.6 is 0 Å². The number of nitrogens with zero attached hydrogens (tertiary/aromatic N) is 2. The molecule has 0 fully saturated rings. The van der Waals surface area contributed by atoms with Crippen molar-refractivity contribution in [2.24, 2.45) is 0 Å². The van der Waals surface area contributed by atoms with Crippen LogP contribution in [0.25, 0.3) is 5.52 Å². The monoisotopic (exact) mass is 192 g/mol. The van der Waals surface area contributed by atoms with E-state index in [1.54, 1.807) is 0 Å². The normalized spacial score (nSPS) is 9.29. The Hall–Kier alpha value is -1.84. The fourth-order valence-electron chi connectivity index (χ4n) is 1.07. The standard InChI is InChI=1S/C8H8N2.C2H4O2/c1-7-6-8-4-2-3-5-10(8)9-7;1-2(3)4/h2-6H,1H3;1H3,(H,3,4). The third kappa shape index (κ3) is 2.90. The molecule has 0 radical (unpaired) electrons. The summed E-state index contributed by atoms with van der Waals surface area (Å²) in [6, 6.07) is 8.08. The zero-order valence-electron chi connectivity index (χ0n) is 8.14. The number of fused-ring (bicyclic) bond motifs is 1. The summed E-state index contributed by atoms with van der Waals surface area (Å²) in [5.74, 6) is -0.833. The molecule has 2 rings (SSSR count). The van der Waals surface area contributed by atoms with Gasteiger partial charge >= 0.3 is 0 Å².